The lowest BCUT2D eigenvalue weighted by Gasteiger charge is -2.33. The summed E-state index contributed by atoms with van der Waals surface area (Å²) in [4.78, 5) is 6.09. The molecule has 5 heteroatoms. The van der Waals surface area contributed by atoms with Gasteiger partial charge >= 0.3 is 0 Å². The molecule has 0 saturated heterocycles. The van der Waals surface area contributed by atoms with E-state index in [1.54, 1.807) is 0 Å². The summed E-state index contributed by atoms with van der Waals surface area (Å²) in [5.74, 6) is -0.0124. The molecule has 0 radical (unpaired) electrons. The van der Waals surface area contributed by atoms with E-state index in [2.05, 4.69) is 187 Å². The number of rotatable bonds is 2. The fourth-order valence-electron chi connectivity index (χ4n) is 12.6. The Bertz CT molecular complexity index is 4660. The Kier molecular flexibility index (Phi) is 7.77. The second-order valence-electron chi connectivity index (χ2n) is 19.8. The van der Waals surface area contributed by atoms with E-state index in [0.29, 0.717) is 0 Å². The van der Waals surface area contributed by atoms with Crippen LogP contribution in [0.4, 0.5) is 0 Å². The smallest absolute Gasteiger partial charge is 0.136 e. The molecule has 0 fully saturated rings. The maximum atomic E-state index is 6.99. The number of hydrogen-bond acceptors (Lipinski definition) is 4. The molecule has 330 valence electrons. The van der Waals surface area contributed by atoms with E-state index in [-0.39, 0.29) is 11.8 Å². The second kappa shape index (κ2) is 14.2. The molecule has 0 aliphatic carbocycles. The fourth-order valence-corrected chi connectivity index (χ4v) is 12.6. The number of hydrogen-bond donors (Lipinski definition) is 0. The lowest BCUT2D eigenvalue weighted by molar-refractivity contribution is 0.498. The highest BCUT2D eigenvalue weighted by Gasteiger charge is 2.37. The number of furan rings is 3. The second-order valence-corrected chi connectivity index (χ2v) is 19.8. The number of para-hydroxylation sites is 2. The zero-order valence-electron chi connectivity index (χ0n) is 38.3. The van der Waals surface area contributed by atoms with Gasteiger partial charge in [-0.3, -0.25) is 4.99 Å². The predicted molar refractivity (Wildman–Crippen MR) is 289 cm³/mol. The van der Waals surface area contributed by atoms with Gasteiger partial charge in [0, 0.05) is 54.6 Å². The summed E-state index contributed by atoms with van der Waals surface area (Å²) in [5, 5.41) is 14.1. The quantitative estimate of drug-likeness (QED) is 0.174. The third-order valence-electron chi connectivity index (χ3n) is 15.9. The van der Waals surface area contributed by atoms with E-state index in [1.165, 1.54) is 71.1 Å². The molecule has 5 nitrogen and oxygen atoms in total. The van der Waals surface area contributed by atoms with Gasteiger partial charge in [0.25, 0.3) is 0 Å². The van der Waals surface area contributed by atoms with Gasteiger partial charge in [-0.05, 0) is 167 Å². The Labute approximate surface area is 401 Å². The standard InChI is InChI=1S/C65H42N2O3/c1-36-18-22-47-51(65(43-21-26-59-50(33-43)46-15-7-9-17-57(46)69-59)66-64(36)42-20-25-58-49(32-42)45-14-6-8-16-56(45)68-58)28-37-19-23-44-48-30-38-10-2-4-12-40(38)34-55(48)67(54(44)29-37)53-24-27-60-63(62(47)53)52-31-39-11-3-5-13-41(39)35-61(52)70-60/h2-17,19-21,23-27,29-35,47,51H,18,22,28H2,1H3/b64-36+,66-65-. The molecule has 0 saturated carbocycles. The number of allylic oxidation sites excluding steroid dienone is 1. The van der Waals surface area contributed by atoms with E-state index < -0.39 is 0 Å². The highest BCUT2D eigenvalue weighted by Crippen LogP contribution is 2.50. The van der Waals surface area contributed by atoms with Crippen LogP contribution in [0.5, 0.6) is 0 Å². The minimum atomic E-state index is -0.0406. The van der Waals surface area contributed by atoms with E-state index >= 15 is 0 Å². The predicted octanol–water partition coefficient (Wildman–Crippen LogP) is 17.8. The van der Waals surface area contributed by atoms with Crippen molar-refractivity contribution < 1.29 is 13.3 Å². The van der Waals surface area contributed by atoms with Gasteiger partial charge in [-0.15, -0.1) is 0 Å². The van der Waals surface area contributed by atoms with Crippen LogP contribution < -0.4 is 0 Å². The lowest BCUT2D eigenvalue weighted by atomic mass is 9.72. The number of fused-ring (bicyclic) bond motifs is 20. The molecule has 2 unspecified atom stereocenters. The van der Waals surface area contributed by atoms with Crippen LogP contribution in [0.3, 0.4) is 0 Å². The minimum absolute atomic E-state index is 0.0283. The van der Waals surface area contributed by atoms with Crippen molar-refractivity contribution in [3.05, 3.63) is 216 Å². The van der Waals surface area contributed by atoms with Gasteiger partial charge in [0.15, 0.2) is 0 Å². The van der Waals surface area contributed by atoms with E-state index in [9.17, 15) is 0 Å². The van der Waals surface area contributed by atoms with Crippen LogP contribution in [-0.4, -0.2) is 10.3 Å². The summed E-state index contributed by atoms with van der Waals surface area (Å²) in [6, 6.07) is 68.7. The van der Waals surface area contributed by atoms with E-state index in [1.807, 2.05) is 12.1 Å². The average Bonchev–Trinajstić information content (AvgIpc) is 4.15. The molecule has 2 bridgehead atoms. The van der Waals surface area contributed by atoms with Crippen molar-refractivity contribution in [3.63, 3.8) is 0 Å². The van der Waals surface area contributed by atoms with Crippen molar-refractivity contribution in [1.29, 1.82) is 0 Å². The fraction of sp³-hybridized carbons (Fsp3) is 0.0923. The summed E-state index contributed by atoms with van der Waals surface area (Å²) < 4.78 is 22.4. The molecule has 0 spiro atoms. The molecule has 14 aromatic rings. The van der Waals surface area contributed by atoms with E-state index in [4.69, 9.17) is 18.2 Å². The van der Waals surface area contributed by atoms with Gasteiger partial charge in [-0.25, -0.2) is 0 Å². The first-order valence-corrected chi connectivity index (χ1v) is 24.5. The molecule has 0 N–H and O–H groups in total. The average molecular weight is 899 g/mol. The third-order valence-corrected chi connectivity index (χ3v) is 15.9. The summed E-state index contributed by atoms with van der Waals surface area (Å²) in [6.07, 6.45) is 2.56. The first-order chi connectivity index (χ1) is 34.6. The SMILES string of the molecule is C/C1=C(c2ccc3oc4ccccc4c3c2)\N=C(\c2ccc3oc4ccccc4c3c2)C2Cc3ccc4c5cc6ccccc6cc5n(c4c3)-c3ccc4oc5cc6ccccc6cc5c4c3C2CC1. The van der Waals surface area contributed by atoms with Crippen molar-refractivity contribution >= 4 is 121 Å². The van der Waals surface area contributed by atoms with Crippen LogP contribution in [0.2, 0.25) is 0 Å². The Morgan fingerprint density at radius 1 is 0.443 bits per heavy atom. The van der Waals surface area contributed by atoms with Crippen molar-refractivity contribution in [2.24, 2.45) is 10.9 Å². The molecular weight excluding hydrogens is 857 g/mol. The molecule has 2 aliphatic heterocycles. The van der Waals surface area contributed by atoms with Crippen LogP contribution in [0.1, 0.15) is 47.9 Å². The molecule has 10 aromatic carbocycles. The lowest BCUT2D eigenvalue weighted by Crippen LogP contribution is -2.28. The van der Waals surface area contributed by atoms with Gasteiger partial charge < -0.3 is 17.8 Å². The normalized spacial score (nSPS) is 18.3. The Morgan fingerprint density at radius 2 is 1.03 bits per heavy atom. The van der Waals surface area contributed by atoms with Crippen LogP contribution >= 0.6 is 0 Å². The van der Waals surface area contributed by atoms with Crippen molar-refractivity contribution in [3.8, 4) is 5.69 Å². The highest BCUT2D eigenvalue weighted by molar-refractivity contribution is 6.18. The Morgan fingerprint density at radius 3 is 1.77 bits per heavy atom. The van der Waals surface area contributed by atoms with Crippen LogP contribution in [0.25, 0.3) is 121 Å². The van der Waals surface area contributed by atoms with Gasteiger partial charge in [0.1, 0.15) is 33.5 Å². The van der Waals surface area contributed by atoms with Crippen molar-refractivity contribution in [1.82, 2.24) is 4.57 Å². The van der Waals surface area contributed by atoms with Crippen LogP contribution in [-0.2, 0) is 6.42 Å². The van der Waals surface area contributed by atoms with Gasteiger partial charge in [-0.2, -0.15) is 0 Å². The first-order valence-electron chi connectivity index (χ1n) is 24.5. The maximum Gasteiger partial charge on any atom is 0.136 e. The van der Waals surface area contributed by atoms with Crippen LogP contribution in [0, 0.1) is 5.92 Å². The van der Waals surface area contributed by atoms with E-state index in [0.717, 1.165) is 102 Å². The summed E-state index contributed by atoms with van der Waals surface area (Å²) in [6.45, 7) is 2.30. The van der Waals surface area contributed by atoms with Crippen molar-refractivity contribution in [2.75, 3.05) is 0 Å². The first kappa shape index (κ1) is 38.3. The maximum absolute atomic E-state index is 6.99. The summed E-state index contributed by atoms with van der Waals surface area (Å²) in [7, 11) is 0. The monoisotopic (exact) mass is 898 g/mol. The highest BCUT2D eigenvalue weighted by atomic mass is 16.3. The van der Waals surface area contributed by atoms with Gasteiger partial charge in [0.05, 0.1) is 28.1 Å². The molecule has 70 heavy (non-hydrogen) atoms. The Hall–Kier alpha value is -8.67. The summed E-state index contributed by atoms with van der Waals surface area (Å²) in [5.41, 5.74) is 17.1. The molecule has 4 aromatic heterocycles. The molecule has 0 amide bonds. The number of benzene rings is 10. The van der Waals surface area contributed by atoms with Crippen LogP contribution in [0.15, 0.2) is 212 Å². The molecule has 2 atom stereocenters. The third kappa shape index (κ3) is 5.46. The zero-order chi connectivity index (χ0) is 45.8. The largest absolute Gasteiger partial charge is 0.456 e. The van der Waals surface area contributed by atoms with Gasteiger partial charge in [0.2, 0.25) is 0 Å². The number of aromatic nitrogens is 1. The molecular formula is C65H42N2O3. The minimum Gasteiger partial charge on any atom is -0.456 e. The Balaban J connectivity index is 1.02. The molecule has 6 heterocycles. The zero-order valence-corrected chi connectivity index (χ0v) is 38.3. The topological polar surface area (TPSA) is 56.7 Å². The number of aliphatic imine (C=N–C) groups is 1. The summed E-state index contributed by atoms with van der Waals surface area (Å²) >= 11 is 0. The van der Waals surface area contributed by atoms with Crippen molar-refractivity contribution in [2.45, 2.75) is 32.1 Å². The number of nitrogens with zero attached hydrogens (tertiary/aromatic N) is 2. The van der Waals surface area contributed by atoms with Gasteiger partial charge in [-0.1, -0.05) is 97.1 Å². The molecule has 16 rings (SSSR count). The molecule has 2 aliphatic rings.